The number of benzene rings is 1. The highest BCUT2D eigenvalue weighted by Gasteiger charge is 2.22. The van der Waals surface area contributed by atoms with Crippen molar-refractivity contribution in [2.24, 2.45) is 0 Å². The van der Waals surface area contributed by atoms with E-state index in [-0.39, 0.29) is 16.8 Å². The van der Waals surface area contributed by atoms with E-state index in [0.717, 1.165) is 30.8 Å². The van der Waals surface area contributed by atoms with Crippen LogP contribution in [0.15, 0.2) is 35.2 Å². The van der Waals surface area contributed by atoms with Crippen molar-refractivity contribution in [3.05, 3.63) is 52.8 Å². The largest absolute Gasteiger partial charge is 0.456 e. The predicted octanol–water partition coefficient (Wildman–Crippen LogP) is 1.86. The molecule has 1 atom stereocenters. The molecule has 170 valence electrons. The number of carbonyl (C=O) groups is 2. The quantitative estimate of drug-likeness (QED) is 0.448. The summed E-state index contributed by atoms with van der Waals surface area (Å²) in [7, 11) is -3.95. The molecule has 0 saturated carbocycles. The SMILES string of the molecule is Cc1cc(C(=O)COC(=O)CNS(=O)(=O)c2ccc(C#N)cc2)c(C)n1CC1CCCO1. The van der Waals surface area contributed by atoms with Gasteiger partial charge >= 0.3 is 5.97 Å². The molecule has 0 aliphatic carbocycles. The van der Waals surface area contributed by atoms with Crippen molar-refractivity contribution in [2.75, 3.05) is 19.8 Å². The molecule has 32 heavy (non-hydrogen) atoms. The van der Waals surface area contributed by atoms with Crippen LogP contribution >= 0.6 is 0 Å². The van der Waals surface area contributed by atoms with E-state index in [1.807, 2.05) is 24.5 Å². The maximum Gasteiger partial charge on any atom is 0.321 e. The van der Waals surface area contributed by atoms with Gasteiger partial charge in [-0.1, -0.05) is 0 Å². The molecule has 1 aromatic heterocycles. The van der Waals surface area contributed by atoms with Crippen LogP contribution in [0.4, 0.5) is 0 Å². The van der Waals surface area contributed by atoms with E-state index < -0.39 is 29.1 Å². The lowest BCUT2D eigenvalue weighted by molar-refractivity contribution is -0.141. The van der Waals surface area contributed by atoms with Crippen molar-refractivity contribution in [3.63, 3.8) is 0 Å². The number of nitrogens with one attached hydrogen (secondary N) is 1. The Labute approximate surface area is 187 Å². The van der Waals surface area contributed by atoms with Crippen molar-refractivity contribution < 1.29 is 27.5 Å². The second kappa shape index (κ2) is 10.1. The van der Waals surface area contributed by atoms with Crippen LogP contribution in [0.1, 0.15) is 40.2 Å². The summed E-state index contributed by atoms with van der Waals surface area (Å²) in [5, 5.41) is 8.78. The first-order valence-corrected chi connectivity index (χ1v) is 11.7. The van der Waals surface area contributed by atoms with E-state index in [2.05, 4.69) is 4.72 Å². The number of nitriles is 1. The van der Waals surface area contributed by atoms with Crippen LogP contribution in [0, 0.1) is 25.2 Å². The summed E-state index contributed by atoms with van der Waals surface area (Å²) in [5.74, 6) is -1.23. The third-order valence-electron chi connectivity index (χ3n) is 5.35. The van der Waals surface area contributed by atoms with Gasteiger partial charge in [0.1, 0.15) is 6.54 Å². The molecule has 1 aliphatic rings. The summed E-state index contributed by atoms with van der Waals surface area (Å²) < 4.78 is 39.3. The van der Waals surface area contributed by atoms with Crippen LogP contribution in [0.2, 0.25) is 0 Å². The van der Waals surface area contributed by atoms with Crippen LogP contribution < -0.4 is 4.72 Å². The Kier molecular flexibility index (Phi) is 7.45. The zero-order valence-corrected chi connectivity index (χ0v) is 18.8. The Morgan fingerprint density at radius 2 is 2.00 bits per heavy atom. The number of ether oxygens (including phenoxy) is 2. The number of sulfonamides is 1. The molecule has 9 nitrogen and oxygen atoms in total. The van der Waals surface area contributed by atoms with E-state index in [1.165, 1.54) is 24.3 Å². The third kappa shape index (κ3) is 5.62. The molecule has 0 bridgehead atoms. The molecule has 2 aromatic rings. The van der Waals surface area contributed by atoms with E-state index in [0.29, 0.717) is 17.7 Å². The van der Waals surface area contributed by atoms with Gasteiger partial charge in [0.2, 0.25) is 15.8 Å². The van der Waals surface area contributed by atoms with Crippen molar-refractivity contribution >= 4 is 21.8 Å². The van der Waals surface area contributed by atoms with Gasteiger partial charge in [0.05, 0.1) is 22.6 Å². The molecule has 3 rings (SSSR count). The lowest BCUT2D eigenvalue weighted by Crippen LogP contribution is -2.31. The number of nitrogens with zero attached hydrogens (tertiary/aromatic N) is 2. The number of ketones is 1. The minimum Gasteiger partial charge on any atom is -0.456 e. The van der Waals surface area contributed by atoms with E-state index in [1.54, 1.807) is 6.07 Å². The summed E-state index contributed by atoms with van der Waals surface area (Å²) in [6, 6.07) is 8.91. The fraction of sp³-hybridized carbons (Fsp3) is 0.409. The van der Waals surface area contributed by atoms with Crippen LogP contribution in [0.3, 0.4) is 0 Å². The van der Waals surface area contributed by atoms with Crippen LogP contribution in [-0.4, -0.2) is 50.6 Å². The molecule has 0 spiro atoms. The number of Topliss-reactive ketones (excluding diaryl/α,β-unsaturated/α-hetero) is 1. The minimum absolute atomic E-state index is 0.0842. The second-order valence-corrected chi connectivity index (χ2v) is 9.34. The van der Waals surface area contributed by atoms with Crippen LogP contribution in [-0.2, 0) is 30.8 Å². The number of hydrogen-bond donors (Lipinski definition) is 1. The molecule has 10 heteroatoms. The summed E-state index contributed by atoms with van der Waals surface area (Å²) >= 11 is 0. The number of carbonyl (C=O) groups excluding carboxylic acids is 2. The van der Waals surface area contributed by atoms with Crippen LogP contribution in [0.5, 0.6) is 0 Å². The zero-order chi connectivity index (χ0) is 23.3. The van der Waals surface area contributed by atoms with Gasteiger partial charge in [-0.25, -0.2) is 8.42 Å². The predicted molar refractivity (Wildman–Crippen MR) is 115 cm³/mol. The highest BCUT2D eigenvalue weighted by Crippen LogP contribution is 2.20. The standard InChI is InChI=1S/C22H25N3O6S/c1-15-10-20(16(2)25(15)13-18-4-3-9-30-18)21(26)14-31-22(27)12-24-32(28,29)19-7-5-17(11-23)6-8-19/h5-8,10,18,24H,3-4,9,12-14H2,1-2H3. The highest BCUT2D eigenvalue weighted by atomic mass is 32.2. The van der Waals surface area contributed by atoms with Gasteiger partial charge in [0.15, 0.2) is 6.61 Å². The minimum atomic E-state index is -3.95. The lowest BCUT2D eigenvalue weighted by Gasteiger charge is -2.14. The smallest absolute Gasteiger partial charge is 0.321 e. The maximum absolute atomic E-state index is 12.6. The molecule has 0 radical (unpaired) electrons. The molecule has 0 amide bonds. The lowest BCUT2D eigenvalue weighted by atomic mass is 10.1. The Bertz CT molecular complexity index is 1140. The molecular weight excluding hydrogens is 434 g/mol. The van der Waals surface area contributed by atoms with E-state index in [9.17, 15) is 18.0 Å². The van der Waals surface area contributed by atoms with Gasteiger partial charge in [0, 0.05) is 30.1 Å². The Morgan fingerprint density at radius 3 is 2.62 bits per heavy atom. The number of hydrogen-bond acceptors (Lipinski definition) is 7. The summed E-state index contributed by atoms with van der Waals surface area (Å²) in [6.45, 7) is 4.06. The normalized spacial score (nSPS) is 16.0. The van der Waals surface area contributed by atoms with E-state index >= 15 is 0 Å². The van der Waals surface area contributed by atoms with Crippen LogP contribution in [0.25, 0.3) is 0 Å². The summed E-state index contributed by atoms with van der Waals surface area (Å²) in [6.07, 6.45) is 2.14. The van der Waals surface area contributed by atoms with Gasteiger partial charge < -0.3 is 14.0 Å². The third-order valence-corrected chi connectivity index (χ3v) is 6.77. The molecule has 1 unspecified atom stereocenters. The summed E-state index contributed by atoms with van der Waals surface area (Å²) in [5.41, 5.74) is 2.48. The van der Waals surface area contributed by atoms with Gasteiger partial charge in [-0.15, -0.1) is 0 Å². The molecule has 1 aliphatic heterocycles. The first-order valence-electron chi connectivity index (χ1n) is 10.2. The number of esters is 1. The highest BCUT2D eigenvalue weighted by molar-refractivity contribution is 7.89. The Morgan fingerprint density at radius 1 is 1.28 bits per heavy atom. The number of rotatable bonds is 9. The zero-order valence-electron chi connectivity index (χ0n) is 18.0. The Balaban J connectivity index is 1.53. The molecule has 2 heterocycles. The fourth-order valence-corrected chi connectivity index (χ4v) is 4.55. The van der Waals surface area contributed by atoms with Crippen molar-refractivity contribution in [3.8, 4) is 6.07 Å². The van der Waals surface area contributed by atoms with Crippen molar-refractivity contribution in [1.82, 2.24) is 9.29 Å². The molecular formula is C22H25N3O6S. The van der Waals surface area contributed by atoms with Gasteiger partial charge in [-0.3, -0.25) is 9.59 Å². The van der Waals surface area contributed by atoms with Crippen molar-refractivity contribution in [1.29, 1.82) is 5.26 Å². The molecule has 1 N–H and O–H groups in total. The molecule has 1 fully saturated rings. The van der Waals surface area contributed by atoms with Gasteiger partial charge in [-0.05, 0) is 57.0 Å². The average Bonchev–Trinajstić information content (AvgIpc) is 3.40. The monoisotopic (exact) mass is 459 g/mol. The summed E-state index contributed by atoms with van der Waals surface area (Å²) in [4.78, 5) is 24.5. The molecule has 1 saturated heterocycles. The topological polar surface area (TPSA) is 127 Å². The van der Waals surface area contributed by atoms with Gasteiger partial charge in [-0.2, -0.15) is 9.98 Å². The number of aromatic nitrogens is 1. The van der Waals surface area contributed by atoms with Crippen molar-refractivity contribution in [2.45, 2.75) is 44.2 Å². The second-order valence-electron chi connectivity index (χ2n) is 7.58. The Hall–Kier alpha value is -3.00. The maximum atomic E-state index is 12.6. The fourth-order valence-electron chi connectivity index (χ4n) is 3.58. The van der Waals surface area contributed by atoms with E-state index in [4.69, 9.17) is 14.7 Å². The first kappa shape index (κ1) is 23.7. The average molecular weight is 460 g/mol. The van der Waals surface area contributed by atoms with Gasteiger partial charge in [0.25, 0.3) is 0 Å². The first-order chi connectivity index (χ1) is 15.2. The number of aryl methyl sites for hydroxylation is 1. The molecule has 1 aromatic carbocycles.